The van der Waals surface area contributed by atoms with Crippen LogP contribution < -0.4 is 14.4 Å². The summed E-state index contributed by atoms with van der Waals surface area (Å²) >= 11 is 0. The van der Waals surface area contributed by atoms with Crippen LogP contribution in [0.5, 0.6) is 11.5 Å². The molecule has 2 aromatic rings. The number of fused-ring (bicyclic) bond motifs is 1. The highest BCUT2D eigenvalue weighted by Gasteiger charge is 2.46. The summed E-state index contributed by atoms with van der Waals surface area (Å²) in [6.45, 7) is 1.81. The molecular weight excluding hydrogens is 422 g/mol. The zero-order valence-corrected chi connectivity index (χ0v) is 19.4. The minimum absolute atomic E-state index is 0.0769. The lowest BCUT2D eigenvalue weighted by Gasteiger charge is -2.27. The Balaban J connectivity index is 1.81. The fraction of sp³-hybridized carbons (Fsp3) is 0.360. The fourth-order valence-corrected chi connectivity index (χ4v) is 4.07. The van der Waals surface area contributed by atoms with Crippen LogP contribution in [0.15, 0.2) is 48.0 Å². The Morgan fingerprint density at radius 2 is 1.67 bits per heavy atom. The third kappa shape index (κ3) is 4.39. The molecule has 4 rings (SSSR count). The zero-order valence-electron chi connectivity index (χ0n) is 19.4. The van der Waals surface area contributed by atoms with Crippen molar-refractivity contribution in [1.29, 1.82) is 0 Å². The molecule has 2 aliphatic rings. The van der Waals surface area contributed by atoms with E-state index in [1.54, 1.807) is 18.2 Å². The van der Waals surface area contributed by atoms with Gasteiger partial charge in [0.25, 0.3) is 11.7 Å². The average Bonchev–Trinajstić information content (AvgIpc) is 3.06. The molecule has 1 amide bonds. The van der Waals surface area contributed by atoms with Crippen LogP contribution in [-0.2, 0) is 9.59 Å². The van der Waals surface area contributed by atoms with Crippen LogP contribution in [0.2, 0.25) is 0 Å². The molecule has 2 aliphatic heterocycles. The number of likely N-dealkylation sites (tertiary alicyclic amines) is 1. The van der Waals surface area contributed by atoms with E-state index in [0.717, 1.165) is 11.3 Å². The van der Waals surface area contributed by atoms with Crippen LogP contribution in [0.1, 0.15) is 17.2 Å². The number of ketones is 1. The second-order valence-electron chi connectivity index (χ2n) is 8.64. The number of hydrogen-bond acceptors (Lipinski definition) is 7. The molecule has 0 bridgehead atoms. The van der Waals surface area contributed by atoms with Crippen molar-refractivity contribution in [3.8, 4) is 11.5 Å². The number of carbonyl (C=O) groups excluding carboxylic acids is 2. The quantitative estimate of drug-likeness (QED) is 0.411. The number of likely N-dealkylation sites (N-methyl/N-ethyl adjacent to an activating group) is 1. The number of anilines is 1. The molecule has 0 radical (unpaired) electrons. The number of ether oxygens (including phenoxy) is 2. The van der Waals surface area contributed by atoms with Gasteiger partial charge < -0.3 is 29.3 Å². The first-order chi connectivity index (χ1) is 15.8. The summed E-state index contributed by atoms with van der Waals surface area (Å²) < 4.78 is 11.2. The summed E-state index contributed by atoms with van der Waals surface area (Å²) in [6.07, 6.45) is 0. The first-order valence-electron chi connectivity index (χ1n) is 10.9. The maximum absolute atomic E-state index is 13.1. The van der Waals surface area contributed by atoms with Gasteiger partial charge in [-0.25, -0.2) is 0 Å². The summed E-state index contributed by atoms with van der Waals surface area (Å²) in [5.41, 5.74) is 2.24. The molecule has 8 heteroatoms. The van der Waals surface area contributed by atoms with Crippen molar-refractivity contribution < 1.29 is 24.2 Å². The molecule has 0 saturated carbocycles. The van der Waals surface area contributed by atoms with Crippen molar-refractivity contribution in [3.05, 3.63) is 59.2 Å². The lowest BCUT2D eigenvalue weighted by Crippen LogP contribution is -2.35. The lowest BCUT2D eigenvalue weighted by atomic mass is 9.95. The summed E-state index contributed by atoms with van der Waals surface area (Å²) in [4.78, 5) is 31.6. The molecule has 0 aromatic heterocycles. The largest absolute Gasteiger partial charge is 0.507 e. The number of hydrogen-bond donors (Lipinski definition) is 1. The Morgan fingerprint density at radius 1 is 1.00 bits per heavy atom. The average molecular weight is 452 g/mol. The summed E-state index contributed by atoms with van der Waals surface area (Å²) in [5, 5.41) is 11.2. The summed E-state index contributed by atoms with van der Waals surface area (Å²) in [6, 6.07) is 12.0. The molecule has 174 valence electrons. The Kier molecular flexibility index (Phi) is 6.29. The van der Waals surface area contributed by atoms with Crippen LogP contribution in [0, 0.1) is 0 Å². The third-order valence-electron chi connectivity index (χ3n) is 5.87. The number of amides is 1. The maximum atomic E-state index is 13.1. The number of benzene rings is 2. The van der Waals surface area contributed by atoms with Crippen LogP contribution in [0.3, 0.4) is 0 Å². The van der Waals surface area contributed by atoms with Gasteiger partial charge in [-0.1, -0.05) is 12.1 Å². The van der Waals surface area contributed by atoms with Crippen molar-refractivity contribution in [1.82, 2.24) is 9.80 Å². The monoisotopic (exact) mass is 451 g/mol. The molecule has 1 unspecified atom stereocenters. The summed E-state index contributed by atoms with van der Waals surface area (Å²) in [5.74, 6) is -0.445. The Morgan fingerprint density at radius 3 is 2.30 bits per heavy atom. The molecular formula is C25H29N3O5. The third-order valence-corrected chi connectivity index (χ3v) is 5.87. The molecule has 2 heterocycles. The second kappa shape index (κ2) is 9.15. The van der Waals surface area contributed by atoms with Gasteiger partial charge in [0.1, 0.15) is 19.0 Å². The van der Waals surface area contributed by atoms with E-state index >= 15 is 0 Å². The van der Waals surface area contributed by atoms with E-state index < -0.39 is 17.7 Å². The molecule has 1 saturated heterocycles. The molecule has 1 atom stereocenters. The number of rotatable bonds is 6. The van der Waals surface area contributed by atoms with E-state index in [9.17, 15) is 14.7 Å². The minimum atomic E-state index is -0.692. The fourth-order valence-electron chi connectivity index (χ4n) is 4.07. The van der Waals surface area contributed by atoms with Gasteiger partial charge in [0, 0.05) is 38.4 Å². The van der Waals surface area contributed by atoms with E-state index in [0.29, 0.717) is 43.4 Å². The highest BCUT2D eigenvalue weighted by Crippen LogP contribution is 2.41. The van der Waals surface area contributed by atoms with Crippen molar-refractivity contribution in [2.24, 2.45) is 0 Å². The predicted octanol–water partition coefficient (Wildman–Crippen LogP) is 2.51. The molecule has 2 aromatic carbocycles. The highest BCUT2D eigenvalue weighted by atomic mass is 16.6. The number of nitrogens with zero attached hydrogens (tertiary/aromatic N) is 3. The van der Waals surface area contributed by atoms with Crippen LogP contribution >= 0.6 is 0 Å². The smallest absolute Gasteiger partial charge is 0.295 e. The van der Waals surface area contributed by atoms with Gasteiger partial charge in [0.2, 0.25) is 0 Å². The molecule has 33 heavy (non-hydrogen) atoms. The van der Waals surface area contributed by atoms with Crippen molar-refractivity contribution >= 4 is 23.1 Å². The zero-order chi connectivity index (χ0) is 23.7. The van der Waals surface area contributed by atoms with E-state index in [4.69, 9.17) is 9.47 Å². The van der Waals surface area contributed by atoms with E-state index in [-0.39, 0.29) is 11.3 Å². The first-order valence-corrected chi connectivity index (χ1v) is 10.9. The predicted molar refractivity (Wildman–Crippen MR) is 126 cm³/mol. The normalized spacial score (nSPS) is 19.3. The molecule has 1 fully saturated rings. The Bertz CT molecular complexity index is 1090. The van der Waals surface area contributed by atoms with Crippen molar-refractivity contribution in [3.63, 3.8) is 0 Å². The molecule has 0 spiro atoms. The topological polar surface area (TPSA) is 82.6 Å². The van der Waals surface area contributed by atoms with Gasteiger partial charge in [0.05, 0.1) is 11.6 Å². The van der Waals surface area contributed by atoms with Crippen LogP contribution in [0.25, 0.3) is 5.76 Å². The van der Waals surface area contributed by atoms with Crippen LogP contribution in [-0.4, -0.2) is 81.1 Å². The van der Waals surface area contributed by atoms with Gasteiger partial charge in [0.15, 0.2) is 11.5 Å². The number of Topliss-reactive ketones (excluding diaryl/α,β-unsaturated/α-hetero) is 1. The lowest BCUT2D eigenvalue weighted by molar-refractivity contribution is -0.140. The SMILES string of the molecule is CN(C)CCN1C(=O)C(=O)/C(=C(/O)c2ccc3c(c2)OCCO3)C1c1ccc(N(C)C)cc1. The van der Waals surface area contributed by atoms with Crippen molar-refractivity contribution in [2.45, 2.75) is 6.04 Å². The maximum Gasteiger partial charge on any atom is 0.295 e. The van der Waals surface area contributed by atoms with E-state index in [1.165, 1.54) is 4.90 Å². The molecule has 0 aliphatic carbocycles. The Hall–Kier alpha value is -3.52. The standard InChI is InChI=1S/C25H29N3O5/c1-26(2)11-12-28-22(16-5-8-18(9-6-16)27(3)4)21(24(30)25(28)31)23(29)17-7-10-19-20(15-17)33-14-13-32-19/h5-10,15,22,29H,11-14H2,1-4H3/b23-21+. The van der Waals surface area contributed by atoms with Crippen LogP contribution in [0.4, 0.5) is 5.69 Å². The van der Waals surface area contributed by atoms with Gasteiger partial charge in [-0.15, -0.1) is 0 Å². The van der Waals surface area contributed by atoms with Gasteiger partial charge in [-0.3, -0.25) is 9.59 Å². The van der Waals surface area contributed by atoms with E-state index in [1.807, 2.05) is 62.3 Å². The minimum Gasteiger partial charge on any atom is -0.507 e. The number of aliphatic hydroxyl groups is 1. The van der Waals surface area contributed by atoms with Gasteiger partial charge >= 0.3 is 0 Å². The molecule has 1 N–H and O–H groups in total. The first kappa shape index (κ1) is 22.7. The van der Waals surface area contributed by atoms with Gasteiger partial charge in [-0.2, -0.15) is 0 Å². The number of carbonyl (C=O) groups is 2. The Labute approximate surface area is 193 Å². The highest BCUT2D eigenvalue weighted by molar-refractivity contribution is 6.46. The summed E-state index contributed by atoms with van der Waals surface area (Å²) in [7, 11) is 7.71. The van der Waals surface area contributed by atoms with Gasteiger partial charge in [-0.05, 0) is 50.0 Å². The number of aliphatic hydroxyl groups excluding tert-OH is 1. The molecule has 8 nitrogen and oxygen atoms in total. The van der Waals surface area contributed by atoms with Crippen molar-refractivity contribution in [2.75, 3.05) is 59.4 Å². The van der Waals surface area contributed by atoms with E-state index in [2.05, 4.69) is 0 Å². The second-order valence-corrected chi connectivity index (χ2v) is 8.64.